The van der Waals surface area contributed by atoms with E-state index in [4.69, 9.17) is 0 Å². The van der Waals surface area contributed by atoms with Gasteiger partial charge in [-0.3, -0.25) is 4.79 Å². The number of Topliss-reactive ketones (excluding diaryl/α,β-unsaturated/α-hetero) is 1. The molecule has 1 saturated carbocycles. The summed E-state index contributed by atoms with van der Waals surface area (Å²) in [6.07, 6.45) is 9.29. The maximum absolute atomic E-state index is 12.6. The molecule has 1 nitrogen and oxygen atoms in total. The molecule has 1 fully saturated rings. The first-order valence-corrected chi connectivity index (χ1v) is 10.9. The van der Waals surface area contributed by atoms with E-state index < -0.39 is 0 Å². The summed E-state index contributed by atoms with van der Waals surface area (Å²) in [6.45, 7) is 16.6. The summed E-state index contributed by atoms with van der Waals surface area (Å²) in [5, 5.41) is 0. The predicted molar refractivity (Wildman–Crippen MR) is 109 cm³/mol. The molecule has 2 aliphatic rings. The van der Waals surface area contributed by atoms with Crippen molar-refractivity contribution >= 4 is 5.78 Å². The quantitative estimate of drug-likeness (QED) is 0.458. The van der Waals surface area contributed by atoms with Crippen LogP contribution in [0.15, 0.2) is 11.1 Å². The molecule has 2 bridgehead atoms. The Kier molecular flexibility index (Phi) is 6.96. The second-order valence-electron chi connectivity index (χ2n) is 10.2. The van der Waals surface area contributed by atoms with E-state index in [1.54, 1.807) is 11.1 Å². The topological polar surface area (TPSA) is 17.1 Å². The van der Waals surface area contributed by atoms with Gasteiger partial charge in [0.25, 0.3) is 0 Å². The molecule has 0 aromatic heterocycles. The summed E-state index contributed by atoms with van der Waals surface area (Å²) in [5.41, 5.74) is 3.97. The van der Waals surface area contributed by atoms with Gasteiger partial charge in [0.15, 0.2) is 0 Å². The van der Waals surface area contributed by atoms with Crippen LogP contribution in [0.3, 0.4) is 0 Å². The number of ketones is 1. The third-order valence-corrected chi connectivity index (χ3v) is 7.19. The van der Waals surface area contributed by atoms with E-state index in [1.165, 1.54) is 32.1 Å². The summed E-state index contributed by atoms with van der Waals surface area (Å²) >= 11 is 0. The first-order valence-electron chi connectivity index (χ1n) is 10.9. The van der Waals surface area contributed by atoms with Crippen molar-refractivity contribution in [3.8, 4) is 0 Å². The molecule has 1 heteroatoms. The minimum atomic E-state index is 0.242. The number of hydrogen-bond donors (Lipinski definition) is 0. The molecule has 0 radical (unpaired) electrons. The highest BCUT2D eigenvalue weighted by atomic mass is 16.1. The van der Waals surface area contributed by atoms with Crippen molar-refractivity contribution in [2.24, 2.45) is 35.0 Å². The van der Waals surface area contributed by atoms with Gasteiger partial charge in [0.05, 0.1) is 0 Å². The monoisotopic (exact) mass is 346 g/mol. The van der Waals surface area contributed by atoms with Gasteiger partial charge in [0, 0.05) is 12.3 Å². The molecule has 0 saturated heterocycles. The maximum atomic E-state index is 12.6. The zero-order valence-corrected chi connectivity index (χ0v) is 18.0. The van der Waals surface area contributed by atoms with Gasteiger partial charge < -0.3 is 0 Å². The van der Waals surface area contributed by atoms with E-state index in [1.807, 2.05) is 0 Å². The van der Waals surface area contributed by atoms with Crippen LogP contribution in [0.25, 0.3) is 0 Å². The fraction of sp³-hybridized carbons (Fsp3) is 0.875. The Labute approximate surface area is 157 Å². The van der Waals surface area contributed by atoms with Crippen molar-refractivity contribution in [2.45, 2.75) is 99.8 Å². The highest BCUT2D eigenvalue weighted by Gasteiger charge is 2.39. The van der Waals surface area contributed by atoms with Crippen LogP contribution in [0.1, 0.15) is 99.8 Å². The molecular formula is C24H42O. The number of rotatable bonds is 1. The van der Waals surface area contributed by atoms with Crippen molar-refractivity contribution in [3.63, 3.8) is 0 Å². The fourth-order valence-electron chi connectivity index (χ4n) is 6.20. The van der Waals surface area contributed by atoms with Gasteiger partial charge in [0.2, 0.25) is 0 Å². The first kappa shape index (κ1) is 20.7. The predicted octanol–water partition coefficient (Wildman–Crippen LogP) is 7.21. The van der Waals surface area contributed by atoms with Crippen molar-refractivity contribution in [1.82, 2.24) is 0 Å². The Morgan fingerprint density at radius 1 is 0.920 bits per heavy atom. The van der Waals surface area contributed by atoms with E-state index in [0.717, 1.165) is 25.2 Å². The normalized spacial score (nSPS) is 44.6. The SMILES string of the molecule is CC/C1=C2/CC(C)(CC(C)CC(C)C(=O)CCC(C)CC1C)CC2C. The van der Waals surface area contributed by atoms with Gasteiger partial charge in [-0.2, -0.15) is 0 Å². The van der Waals surface area contributed by atoms with E-state index >= 15 is 0 Å². The summed E-state index contributed by atoms with van der Waals surface area (Å²) in [6, 6.07) is 0. The molecule has 2 aliphatic carbocycles. The summed E-state index contributed by atoms with van der Waals surface area (Å²) in [5.74, 6) is 3.46. The Morgan fingerprint density at radius 3 is 2.20 bits per heavy atom. The molecule has 2 rings (SSSR count). The van der Waals surface area contributed by atoms with Gasteiger partial charge >= 0.3 is 0 Å². The lowest BCUT2D eigenvalue weighted by Crippen LogP contribution is -2.21. The molecule has 0 aromatic carbocycles. The van der Waals surface area contributed by atoms with Crippen molar-refractivity contribution < 1.29 is 4.79 Å². The van der Waals surface area contributed by atoms with E-state index in [-0.39, 0.29) is 5.92 Å². The Bertz CT molecular complexity index is 502. The van der Waals surface area contributed by atoms with E-state index in [2.05, 4.69) is 48.5 Å². The van der Waals surface area contributed by atoms with Gasteiger partial charge in [-0.1, -0.05) is 59.6 Å². The van der Waals surface area contributed by atoms with Gasteiger partial charge in [-0.25, -0.2) is 0 Å². The van der Waals surface area contributed by atoms with Gasteiger partial charge in [-0.15, -0.1) is 0 Å². The molecule has 0 amide bonds. The van der Waals surface area contributed by atoms with Gasteiger partial charge in [0.1, 0.15) is 5.78 Å². The number of carbonyl (C=O) groups excluding carboxylic acids is 1. The molecule has 0 N–H and O–H groups in total. The standard InChI is InChI=1S/C24H42O/c1-8-21-18(4)11-16(2)9-10-23(25)19(5)12-17(3)13-24(7)14-20(6)22(21)15-24/h16-20H,8-15H2,1-7H3/b22-21+. The van der Waals surface area contributed by atoms with Crippen molar-refractivity contribution in [1.29, 1.82) is 0 Å². The van der Waals surface area contributed by atoms with Crippen LogP contribution in [0, 0.1) is 35.0 Å². The first-order chi connectivity index (χ1) is 11.6. The number of fused-ring (bicyclic) bond motifs is 2. The average molecular weight is 347 g/mol. The molecular weight excluding hydrogens is 304 g/mol. The number of allylic oxidation sites excluding steroid dienone is 2. The van der Waals surface area contributed by atoms with E-state index in [9.17, 15) is 4.79 Å². The zero-order valence-electron chi connectivity index (χ0n) is 18.0. The maximum Gasteiger partial charge on any atom is 0.135 e. The summed E-state index contributed by atoms with van der Waals surface area (Å²) in [4.78, 5) is 12.6. The van der Waals surface area contributed by atoms with Crippen LogP contribution >= 0.6 is 0 Å². The molecule has 25 heavy (non-hydrogen) atoms. The lowest BCUT2D eigenvalue weighted by atomic mass is 9.75. The average Bonchev–Trinajstić information content (AvgIpc) is 2.78. The lowest BCUT2D eigenvalue weighted by molar-refractivity contribution is -0.123. The molecule has 0 heterocycles. The second kappa shape index (κ2) is 8.40. The minimum Gasteiger partial charge on any atom is -0.299 e. The van der Waals surface area contributed by atoms with Gasteiger partial charge in [-0.05, 0) is 74.0 Å². The molecule has 6 unspecified atom stereocenters. The zero-order chi connectivity index (χ0) is 18.8. The second-order valence-corrected chi connectivity index (χ2v) is 10.2. The smallest absolute Gasteiger partial charge is 0.135 e. The van der Waals surface area contributed by atoms with Crippen LogP contribution < -0.4 is 0 Å². The van der Waals surface area contributed by atoms with Crippen LogP contribution in [0.5, 0.6) is 0 Å². The highest BCUT2D eigenvalue weighted by Crippen LogP contribution is 2.51. The number of carbonyl (C=O) groups is 1. The Balaban J connectivity index is 2.31. The summed E-state index contributed by atoms with van der Waals surface area (Å²) in [7, 11) is 0. The van der Waals surface area contributed by atoms with Crippen LogP contribution in [-0.4, -0.2) is 5.78 Å². The van der Waals surface area contributed by atoms with Crippen molar-refractivity contribution in [2.75, 3.05) is 0 Å². The highest BCUT2D eigenvalue weighted by molar-refractivity contribution is 5.80. The Morgan fingerprint density at radius 2 is 1.56 bits per heavy atom. The molecule has 0 spiro atoms. The lowest BCUT2D eigenvalue weighted by Gasteiger charge is -2.29. The Hall–Kier alpha value is -0.590. The molecule has 144 valence electrons. The van der Waals surface area contributed by atoms with Crippen LogP contribution in [-0.2, 0) is 4.79 Å². The summed E-state index contributed by atoms with van der Waals surface area (Å²) < 4.78 is 0. The fourth-order valence-corrected chi connectivity index (χ4v) is 6.20. The number of hydrogen-bond acceptors (Lipinski definition) is 1. The van der Waals surface area contributed by atoms with Crippen LogP contribution in [0.2, 0.25) is 0 Å². The van der Waals surface area contributed by atoms with Crippen LogP contribution in [0.4, 0.5) is 0 Å². The minimum absolute atomic E-state index is 0.242. The molecule has 0 aliphatic heterocycles. The largest absolute Gasteiger partial charge is 0.299 e. The molecule has 0 aromatic rings. The third-order valence-electron chi connectivity index (χ3n) is 7.19. The van der Waals surface area contributed by atoms with Crippen molar-refractivity contribution in [3.05, 3.63) is 11.1 Å². The third kappa shape index (κ3) is 5.20. The van der Waals surface area contributed by atoms with E-state index in [0.29, 0.717) is 29.0 Å². The molecule has 6 atom stereocenters.